The molecule has 0 aromatic heterocycles. The summed E-state index contributed by atoms with van der Waals surface area (Å²) in [5.74, 6) is 1.23. The average molecular weight is 469 g/mol. The van der Waals surface area contributed by atoms with Crippen LogP contribution in [0.5, 0.6) is 11.5 Å². The number of anilines is 1. The molecule has 0 aliphatic carbocycles. The highest BCUT2D eigenvalue weighted by molar-refractivity contribution is 7.80. The Kier molecular flexibility index (Phi) is 7.87. The molecule has 0 heterocycles. The molecule has 0 aliphatic heterocycles. The summed E-state index contributed by atoms with van der Waals surface area (Å²) in [6.07, 6.45) is 3.26. The number of para-hydroxylation sites is 1. The third-order valence-corrected chi connectivity index (χ3v) is 5.15. The van der Waals surface area contributed by atoms with E-state index in [4.69, 9.17) is 21.7 Å². The average Bonchev–Trinajstić information content (AvgIpc) is 2.87. The SMILES string of the molecule is O=C(C=Cc1cccc2ccccc12)NC(=S)Nc1ccc(OCCOc2ccccc2)cc1. The van der Waals surface area contributed by atoms with Crippen molar-refractivity contribution in [1.29, 1.82) is 0 Å². The molecule has 4 aromatic rings. The van der Waals surface area contributed by atoms with Crippen LogP contribution in [0, 0.1) is 0 Å². The van der Waals surface area contributed by atoms with E-state index in [1.807, 2.05) is 97.1 Å². The van der Waals surface area contributed by atoms with E-state index in [2.05, 4.69) is 10.6 Å². The van der Waals surface area contributed by atoms with Crippen LogP contribution in [-0.2, 0) is 4.79 Å². The molecular weight excluding hydrogens is 444 g/mol. The van der Waals surface area contributed by atoms with Crippen LogP contribution in [0.3, 0.4) is 0 Å². The number of hydrogen-bond acceptors (Lipinski definition) is 4. The standard InChI is InChI=1S/C28H24N2O3S/c31-27(18-13-22-9-6-8-21-7-4-5-12-26(21)22)30-28(34)29-23-14-16-25(17-15-23)33-20-19-32-24-10-2-1-3-11-24/h1-18H,19-20H2,(H2,29,30,31,34). The molecule has 34 heavy (non-hydrogen) atoms. The molecule has 0 aliphatic rings. The monoisotopic (exact) mass is 468 g/mol. The van der Waals surface area contributed by atoms with Gasteiger partial charge < -0.3 is 14.8 Å². The van der Waals surface area contributed by atoms with Crippen molar-refractivity contribution < 1.29 is 14.3 Å². The lowest BCUT2D eigenvalue weighted by Gasteiger charge is -2.10. The molecule has 0 atom stereocenters. The Morgan fingerprint density at radius 1 is 0.765 bits per heavy atom. The Labute approximate surface area is 204 Å². The molecule has 0 bridgehead atoms. The van der Waals surface area contributed by atoms with Gasteiger partial charge in [-0.25, -0.2) is 0 Å². The highest BCUT2D eigenvalue weighted by Crippen LogP contribution is 2.19. The number of ether oxygens (including phenoxy) is 2. The molecule has 0 unspecified atom stereocenters. The van der Waals surface area contributed by atoms with Crippen molar-refractivity contribution in [2.24, 2.45) is 0 Å². The van der Waals surface area contributed by atoms with E-state index in [0.717, 1.165) is 33.5 Å². The van der Waals surface area contributed by atoms with Crippen molar-refractivity contribution in [3.8, 4) is 11.5 Å². The number of hydrogen-bond donors (Lipinski definition) is 2. The van der Waals surface area contributed by atoms with Crippen molar-refractivity contribution in [3.63, 3.8) is 0 Å². The lowest BCUT2D eigenvalue weighted by Crippen LogP contribution is -2.32. The summed E-state index contributed by atoms with van der Waals surface area (Å²) in [7, 11) is 0. The number of carbonyl (C=O) groups excluding carboxylic acids is 1. The van der Waals surface area contributed by atoms with E-state index in [0.29, 0.717) is 13.2 Å². The van der Waals surface area contributed by atoms with Gasteiger partial charge in [-0.05, 0) is 71.0 Å². The summed E-state index contributed by atoms with van der Waals surface area (Å²) in [5, 5.41) is 8.10. The van der Waals surface area contributed by atoms with Crippen LogP contribution in [0.2, 0.25) is 0 Å². The van der Waals surface area contributed by atoms with Crippen LogP contribution in [0.4, 0.5) is 5.69 Å². The molecule has 4 aromatic carbocycles. The van der Waals surface area contributed by atoms with Crippen LogP contribution < -0.4 is 20.1 Å². The molecule has 5 nitrogen and oxygen atoms in total. The first-order chi connectivity index (χ1) is 16.7. The Balaban J connectivity index is 1.22. The zero-order valence-corrected chi connectivity index (χ0v) is 19.3. The molecule has 1 amide bonds. The smallest absolute Gasteiger partial charge is 0.250 e. The van der Waals surface area contributed by atoms with Gasteiger partial charge in [0.1, 0.15) is 24.7 Å². The first-order valence-corrected chi connectivity index (χ1v) is 11.3. The maximum absolute atomic E-state index is 12.3. The quantitative estimate of drug-likeness (QED) is 0.194. The second-order valence-electron chi connectivity index (χ2n) is 7.38. The fourth-order valence-corrected chi connectivity index (χ4v) is 3.57. The van der Waals surface area contributed by atoms with Gasteiger partial charge in [0, 0.05) is 11.8 Å². The second kappa shape index (κ2) is 11.6. The molecule has 0 saturated heterocycles. The van der Waals surface area contributed by atoms with Gasteiger partial charge in [0.2, 0.25) is 5.91 Å². The van der Waals surface area contributed by atoms with Gasteiger partial charge in [-0.3, -0.25) is 10.1 Å². The van der Waals surface area contributed by atoms with Gasteiger partial charge in [0.15, 0.2) is 5.11 Å². The third kappa shape index (κ3) is 6.67. The molecular formula is C28H24N2O3S. The van der Waals surface area contributed by atoms with Gasteiger partial charge in [0.05, 0.1) is 0 Å². The van der Waals surface area contributed by atoms with Crippen LogP contribution >= 0.6 is 12.2 Å². The molecule has 0 radical (unpaired) electrons. The van der Waals surface area contributed by atoms with Crippen LogP contribution in [0.15, 0.2) is 103 Å². The molecule has 6 heteroatoms. The predicted octanol–water partition coefficient (Wildman–Crippen LogP) is 5.82. The van der Waals surface area contributed by atoms with Crippen molar-refractivity contribution in [1.82, 2.24) is 5.32 Å². The van der Waals surface area contributed by atoms with Gasteiger partial charge in [-0.15, -0.1) is 0 Å². The molecule has 0 saturated carbocycles. The number of benzene rings is 4. The number of carbonyl (C=O) groups is 1. The normalized spacial score (nSPS) is 10.7. The fourth-order valence-electron chi connectivity index (χ4n) is 3.35. The maximum atomic E-state index is 12.3. The number of thiocarbonyl (C=S) groups is 1. The Morgan fingerprint density at radius 3 is 2.18 bits per heavy atom. The van der Waals surface area contributed by atoms with Crippen molar-refractivity contribution >= 4 is 45.8 Å². The second-order valence-corrected chi connectivity index (χ2v) is 7.79. The first kappa shape index (κ1) is 23.0. The van der Waals surface area contributed by atoms with E-state index in [1.165, 1.54) is 6.08 Å². The molecule has 0 spiro atoms. The highest BCUT2D eigenvalue weighted by atomic mass is 32.1. The molecule has 4 rings (SSSR count). The minimum atomic E-state index is -0.302. The van der Waals surface area contributed by atoms with Gasteiger partial charge in [-0.1, -0.05) is 60.7 Å². The van der Waals surface area contributed by atoms with Gasteiger partial charge >= 0.3 is 0 Å². The van der Waals surface area contributed by atoms with Crippen LogP contribution in [-0.4, -0.2) is 24.2 Å². The molecule has 170 valence electrons. The summed E-state index contributed by atoms with van der Waals surface area (Å²) in [6.45, 7) is 0.881. The predicted molar refractivity (Wildman–Crippen MR) is 141 cm³/mol. The number of amides is 1. The Bertz CT molecular complexity index is 1280. The summed E-state index contributed by atoms with van der Waals surface area (Å²) in [5.41, 5.74) is 1.72. The number of fused-ring (bicyclic) bond motifs is 1. The summed E-state index contributed by atoms with van der Waals surface area (Å²) >= 11 is 5.26. The maximum Gasteiger partial charge on any atom is 0.250 e. The minimum Gasteiger partial charge on any atom is -0.490 e. The van der Waals surface area contributed by atoms with E-state index in [9.17, 15) is 4.79 Å². The van der Waals surface area contributed by atoms with Crippen molar-refractivity contribution in [2.75, 3.05) is 18.5 Å². The number of nitrogens with one attached hydrogen (secondary N) is 2. The van der Waals surface area contributed by atoms with Crippen molar-refractivity contribution in [3.05, 3.63) is 109 Å². The molecule has 0 fully saturated rings. The van der Waals surface area contributed by atoms with Gasteiger partial charge in [0.25, 0.3) is 0 Å². The lowest BCUT2D eigenvalue weighted by atomic mass is 10.0. The summed E-state index contributed by atoms with van der Waals surface area (Å²) in [6, 6.07) is 31.0. The van der Waals surface area contributed by atoms with Crippen LogP contribution in [0.1, 0.15) is 5.56 Å². The first-order valence-electron chi connectivity index (χ1n) is 10.9. The fraction of sp³-hybridized carbons (Fsp3) is 0.0714. The van der Waals surface area contributed by atoms with Crippen LogP contribution in [0.25, 0.3) is 16.8 Å². The Morgan fingerprint density at radius 2 is 1.41 bits per heavy atom. The number of rotatable bonds is 8. The van der Waals surface area contributed by atoms with E-state index in [1.54, 1.807) is 6.08 Å². The van der Waals surface area contributed by atoms with E-state index in [-0.39, 0.29) is 11.0 Å². The lowest BCUT2D eigenvalue weighted by molar-refractivity contribution is -0.115. The minimum absolute atomic E-state index is 0.220. The van der Waals surface area contributed by atoms with Gasteiger partial charge in [-0.2, -0.15) is 0 Å². The van der Waals surface area contributed by atoms with E-state index < -0.39 is 0 Å². The van der Waals surface area contributed by atoms with Crippen molar-refractivity contribution in [2.45, 2.75) is 0 Å². The third-order valence-electron chi connectivity index (χ3n) is 4.95. The zero-order valence-electron chi connectivity index (χ0n) is 18.4. The highest BCUT2D eigenvalue weighted by Gasteiger charge is 2.04. The summed E-state index contributed by atoms with van der Waals surface area (Å²) in [4.78, 5) is 12.3. The van der Waals surface area contributed by atoms with E-state index >= 15 is 0 Å². The Hall–Kier alpha value is -4.16. The summed E-state index contributed by atoms with van der Waals surface area (Å²) < 4.78 is 11.3. The topological polar surface area (TPSA) is 59.6 Å². The molecule has 2 N–H and O–H groups in total. The largest absolute Gasteiger partial charge is 0.490 e. The zero-order chi connectivity index (χ0) is 23.6.